The molecule has 8 heteroatoms. The number of benzene rings is 1. The van der Waals surface area contributed by atoms with Crippen molar-refractivity contribution in [2.75, 3.05) is 12.9 Å². The summed E-state index contributed by atoms with van der Waals surface area (Å²) in [6, 6.07) is 8.47. The smallest absolute Gasteiger partial charge is 0.206 e. The number of fused-ring (bicyclic) bond motifs is 4. The van der Waals surface area contributed by atoms with Gasteiger partial charge in [-0.2, -0.15) is 0 Å². The standard InChI is InChI=1S/C22H27NO3.CH5NO2S.H2/c1-2-6-20-19(5-1)16-7-9-18(10-8-16)26-15-22(11-3-4-12-22)21-23-17(13-24-20)14-25-21;1-5(2,3)4;/h1-2,5-6,14,16,18H,3-4,7-13,15H2;1H3,(H2,2,3,4);1H. The van der Waals surface area contributed by atoms with Crippen molar-refractivity contribution in [2.24, 2.45) is 5.14 Å². The Kier molecular flexibility index (Phi) is 6.69. The molecule has 1 spiro atoms. The van der Waals surface area contributed by atoms with E-state index in [0.717, 1.165) is 55.9 Å². The lowest BCUT2D eigenvalue weighted by atomic mass is 9.82. The third-order valence-corrected chi connectivity index (χ3v) is 6.57. The van der Waals surface area contributed by atoms with E-state index in [1.165, 1.54) is 31.2 Å². The minimum Gasteiger partial charge on any atom is -0.487 e. The van der Waals surface area contributed by atoms with Gasteiger partial charge in [0, 0.05) is 1.43 Å². The highest BCUT2D eigenvalue weighted by Gasteiger charge is 2.41. The maximum absolute atomic E-state index is 9.41. The summed E-state index contributed by atoms with van der Waals surface area (Å²) in [6.45, 7) is 1.21. The average molecular weight is 451 g/mol. The molecule has 0 radical (unpaired) electrons. The Hall–Kier alpha value is -1.90. The molecule has 31 heavy (non-hydrogen) atoms. The summed E-state index contributed by atoms with van der Waals surface area (Å²) in [5, 5.41) is 4.33. The second-order valence-corrected chi connectivity index (χ2v) is 10.7. The molecule has 0 atom stereocenters. The molecule has 3 heterocycles. The summed E-state index contributed by atoms with van der Waals surface area (Å²) < 4.78 is 37.4. The highest BCUT2D eigenvalue weighted by molar-refractivity contribution is 7.88. The van der Waals surface area contributed by atoms with Gasteiger partial charge in [0.1, 0.15) is 24.3 Å². The molecule has 1 aromatic carbocycles. The normalized spacial score (nSPS) is 25.1. The maximum Gasteiger partial charge on any atom is 0.206 e. The third-order valence-electron chi connectivity index (χ3n) is 6.57. The predicted molar refractivity (Wildman–Crippen MR) is 120 cm³/mol. The van der Waals surface area contributed by atoms with Crippen LogP contribution in [0.15, 0.2) is 34.9 Å². The minimum atomic E-state index is -3.17. The van der Waals surface area contributed by atoms with Crippen molar-refractivity contribution in [3.8, 4) is 5.75 Å². The Morgan fingerprint density at radius 1 is 1.13 bits per heavy atom. The van der Waals surface area contributed by atoms with E-state index in [9.17, 15) is 8.42 Å². The molecule has 1 aromatic heterocycles. The SMILES string of the molecule is CS(N)(=O)=O.[HH].c1ccc2c(c1)OCc1coc(n1)C1(CCCC1)COC1CCC2CC1. The first-order chi connectivity index (χ1) is 14.8. The number of ether oxygens (including phenoxy) is 2. The van der Waals surface area contributed by atoms with Crippen LogP contribution in [0.5, 0.6) is 5.75 Å². The molecule has 4 aliphatic rings. The fourth-order valence-corrected chi connectivity index (χ4v) is 5.01. The van der Waals surface area contributed by atoms with Gasteiger partial charge in [0.05, 0.1) is 24.4 Å². The number of primary sulfonamides is 1. The summed E-state index contributed by atoms with van der Waals surface area (Å²) in [5.41, 5.74) is 2.18. The summed E-state index contributed by atoms with van der Waals surface area (Å²) >= 11 is 0. The van der Waals surface area contributed by atoms with Crippen LogP contribution in [0.25, 0.3) is 0 Å². The zero-order chi connectivity index (χ0) is 21.9. The van der Waals surface area contributed by atoms with E-state index >= 15 is 0 Å². The molecular weight excluding hydrogens is 416 g/mol. The number of sulfonamides is 1. The molecule has 2 aromatic rings. The van der Waals surface area contributed by atoms with E-state index in [-0.39, 0.29) is 6.84 Å². The van der Waals surface area contributed by atoms with Gasteiger partial charge in [-0.25, -0.2) is 18.5 Å². The van der Waals surface area contributed by atoms with Crippen LogP contribution in [0, 0.1) is 0 Å². The Morgan fingerprint density at radius 3 is 2.52 bits per heavy atom. The van der Waals surface area contributed by atoms with Crippen molar-refractivity contribution in [1.82, 2.24) is 4.98 Å². The first kappa shape index (κ1) is 22.3. The molecule has 2 saturated carbocycles. The number of aromatic nitrogens is 1. The van der Waals surface area contributed by atoms with E-state index < -0.39 is 10.0 Å². The number of hydrogen-bond acceptors (Lipinski definition) is 6. The van der Waals surface area contributed by atoms with Gasteiger partial charge in [0.15, 0.2) is 0 Å². The molecule has 6 rings (SSSR count). The quantitative estimate of drug-likeness (QED) is 0.643. The molecule has 2 aliphatic carbocycles. The Labute approximate surface area is 185 Å². The van der Waals surface area contributed by atoms with E-state index in [0.29, 0.717) is 18.6 Å². The molecular formula is C23H34N2O5S. The maximum atomic E-state index is 9.41. The Bertz CT molecular complexity index is 972. The van der Waals surface area contributed by atoms with Gasteiger partial charge < -0.3 is 13.9 Å². The van der Waals surface area contributed by atoms with Crippen LogP contribution >= 0.6 is 0 Å². The van der Waals surface area contributed by atoms with Crippen LogP contribution in [0.4, 0.5) is 0 Å². The molecule has 4 bridgehead atoms. The highest BCUT2D eigenvalue weighted by atomic mass is 32.2. The average Bonchev–Trinajstić information content (AvgIpc) is 3.40. The van der Waals surface area contributed by atoms with Crippen molar-refractivity contribution in [1.29, 1.82) is 0 Å². The molecule has 2 N–H and O–H groups in total. The van der Waals surface area contributed by atoms with Crippen molar-refractivity contribution >= 4 is 10.0 Å². The lowest BCUT2D eigenvalue weighted by Gasteiger charge is -2.33. The Balaban J connectivity index is 0.000000438. The summed E-state index contributed by atoms with van der Waals surface area (Å²) in [5.74, 6) is 2.42. The molecule has 0 amide bonds. The first-order valence-corrected chi connectivity index (χ1v) is 13.0. The van der Waals surface area contributed by atoms with Crippen LogP contribution in [-0.4, -0.2) is 32.4 Å². The summed E-state index contributed by atoms with van der Waals surface area (Å²) in [7, 11) is -3.17. The van der Waals surface area contributed by atoms with Crippen LogP contribution in [0.1, 0.15) is 75.9 Å². The number of nitrogens with two attached hydrogens (primary N) is 1. The topological polar surface area (TPSA) is 105 Å². The lowest BCUT2D eigenvalue weighted by Crippen LogP contribution is -2.33. The fourth-order valence-electron chi connectivity index (χ4n) is 5.01. The summed E-state index contributed by atoms with van der Waals surface area (Å²) in [6.07, 6.45) is 12.4. The van der Waals surface area contributed by atoms with Gasteiger partial charge in [0.2, 0.25) is 15.9 Å². The first-order valence-electron chi connectivity index (χ1n) is 11.1. The minimum absolute atomic E-state index is 0. The van der Waals surface area contributed by atoms with Crippen molar-refractivity contribution in [2.45, 2.75) is 75.4 Å². The molecule has 0 saturated heterocycles. The van der Waals surface area contributed by atoms with Gasteiger partial charge in [-0.3, -0.25) is 0 Å². The van der Waals surface area contributed by atoms with Gasteiger partial charge in [-0.15, -0.1) is 0 Å². The third kappa shape index (κ3) is 5.67. The molecule has 7 nitrogen and oxygen atoms in total. The fraction of sp³-hybridized carbons (Fsp3) is 0.609. The second kappa shape index (κ2) is 9.30. The van der Waals surface area contributed by atoms with E-state index in [1.807, 2.05) is 0 Å². The number of hydrogen-bond donors (Lipinski definition) is 1. The summed E-state index contributed by atoms with van der Waals surface area (Å²) in [4.78, 5) is 4.80. The van der Waals surface area contributed by atoms with Gasteiger partial charge in [-0.1, -0.05) is 31.0 Å². The Morgan fingerprint density at radius 2 is 1.81 bits per heavy atom. The second-order valence-electron chi connectivity index (χ2n) is 9.07. The molecule has 0 unspecified atom stereocenters. The predicted octanol–water partition coefficient (Wildman–Crippen LogP) is 4.27. The van der Waals surface area contributed by atoms with E-state index in [2.05, 4.69) is 29.4 Å². The number of rotatable bonds is 0. The molecule has 172 valence electrons. The van der Waals surface area contributed by atoms with Crippen molar-refractivity contribution in [3.05, 3.63) is 47.7 Å². The highest BCUT2D eigenvalue weighted by Crippen LogP contribution is 2.43. The van der Waals surface area contributed by atoms with Crippen LogP contribution < -0.4 is 9.88 Å². The van der Waals surface area contributed by atoms with Crippen LogP contribution in [0.2, 0.25) is 0 Å². The largest absolute Gasteiger partial charge is 0.487 e. The zero-order valence-corrected chi connectivity index (χ0v) is 18.9. The number of oxazole rings is 1. The van der Waals surface area contributed by atoms with Crippen LogP contribution in [-0.2, 0) is 26.8 Å². The number of para-hydroxylation sites is 1. The molecule has 2 aliphatic heterocycles. The van der Waals surface area contributed by atoms with Gasteiger partial charge in [-0.05, 0) is 56.1 Å². The van der Waals surface area contributed by atoms with Gasteiger partial charge >= 0.3 is 0 Å². The van der Waals surface area contributed by atoms with E-state index in [4.69, 9.17) is 18.9 Å². The van der Waals surface area contributed by atoms with E-state index in [1.54, 1.807) is 6.26 Å². The molecule has 2 fully saturated rings. The van der Waals surface area contributed by atoms with Crippen molar-refractivity contribution in [3.63, 3.8) is 0 Å². The lowest BCUT2D eigenvalue weighted by molar-refractivity contribution is -0.00985. The van der Waals surface area contributed by atoms with Crippen molar-refractivity contribution < 1.29 is 23.7 Å². The van der Waals surface area contributed by atoms with Crippen LogP contribution in [0.3, 0.4) is 0 Å². The zero-order valence-electron chi connectivity index (χ0n) is 18.1. The monoisotopic (exact) mass is 450 g/mol. The number of nitrogens with zero attached hydrogens (tertiary/aromatic N) is 1. The van der Waals surface area contributed by atoms with Gasteiger partial charge in [0.25, 0.3) is 0 Å².